The van der Waals surface area contributed by atoms with E-state index in [1.165, 1.54) is 0 Å². The molecule has 0 atom stereocenters. The van der Waals surface area contributed by atoms with Crippen molar-refractivity contribution in [3.63, 3.8) is 0 Å². The molecule has 2 rings (SSSR count). The van der Waals surface area contributed by atoms with E-state index < -0.39 is 5.54 Å². The molecule has 0 saturated heterocycles. The zero-order valence-corrected chi connectivity index (χ0v) is 12.4. The Labute approximate surface area is 125 Å². The summed E-state index contributed by atoms with van der Waals surface area (Å²) < 4.78 is 10.5. The minimum absolute atomic E-state index is 0. The molecule has 6 heteroatoms. The molecule has 1 saturated carbocycles. The molecule has 1 aromatic carbocycles. The van der Waals surface area contributed by atoms with Crippen molar-refractivity contribution < 1.29 is 14.3 Å². The Morgan fingerprint density at radius 3 is 2.80 bits per heavy atom. The summed E-state index contributed by atoms with van der Waals surface area (Å²) in [5.41, 5.74) is 5.89. The van der Waals surface area contributed by atoms with Crippen LogP contribution in [0.1, 0.15) is 19.3 Å². The fraction of sp³-hybridized carbons (Fsp3) is 0.500. The highest BCUT2D eigenvalue weighted by Gasteiger charge is 2.45. The zero-order chi connectivity index (χ0) is 13.7. The second-order valence-corrected chi connectivity index (χ2v) is 4.83. The lowest BCUT2D eigenvalue weighted by Gasteiger charge is -2.11. The Kier molecular flexibility index (Phi) is 6.26. The SMILES string of the molecule is COCCCOc1cccc(NC(=O)C2(N)CC2)c1.Cl. The first kappa shape index (κ1) is 16.8. The highest BCUT2D eigenvalue weighted by atomic mass is 35.5. The maximum Gasteiger partial charge on any atom is 0.244 e. The second-order valence-electron chi connectivity index (χ2n) is 4.83. The summed E-state index contributed by atoms with van der Waals surface area (Å²) in [4.78, 5) is 11.8. The topological polar surface area (TPSA) is 73.6 Å². The summed E-state index contributed by atoms with van der Waals surface area (Å²) in [5.74, 6) is 0.611. The van der Waals surface area contributed by atoms with Crippen LogP contribution in [-0.2, 0) is 9.53 Å². The first-order valence-electron chi connectivity index (χ1n) is 6.46. The van der Waals surface area contributed by atoms with E-state index >= 15 is 0 Å². The fourth-order valence-electron chi connectivity index (χ4n) is 1.67. The maximum absolute atomic E-state index is 11.8. The number of halogens is 1. The van der Waals surface area contributed by atoms with Gasteiger partial charge < -0.3 is 20.5 Å². The number of methoxy groups -OCH3 is 1. The van der Waals surface area contributed by atoms with Crippen LogP contribution in [0.3, 0.4) is 0 Å². The van der Waals surface area contributed by atoms with E-state index in [0.29, 0.717) is 18.9 Å². The van der Waals surface area contributed by atoms with E-state index in [4.69, 9.17) is 15.2 Å². The number of carbonyl (C=O) groups excluding carboxylic acids is 1. The van der Waals surface area contributed by atoms with Crippen LogP contribution in [0, 0.1) is 0 Å². The molecule has 0 heterocycles. The maximum atomic E-state index is 11.8. The van der Waals surface area contributed by atoms with Gasteiger partial charge in [0.15, 0.2) is 0 Å². The van der Waals surface area contributed by atoms with Gasteiger partial charge in [0.05, 0.1) is 12.1 Å². The number of hydrogen-bond acceptors (Lipinski definition) is 4. The lowest BCUT2D eigenvalue weighted by Crippen LogP contribution is -2.37. The smallest absolute Gasteiger partial charge is 0.244 e. The van der Waals surface area contributed by atoms with Gasteiger partial charge in [-0.15, -0.1) is 12.4 Å². The van der Waals surface area contributed by atoms with Crippen molar-refractivity contribution in [1.82, 2.24) is 0 Å². The molecule has 0 aliphatic heterocycles. The summed E-state index contributed by atoms with van der Waals surface area (Å²) in [6.45, 7) is 1.26. The van der Waals surface area contributed by atoms with Crippen molar-refractivity contribution in [2.24, 2.45) is 5.73 Å². The number of carbonyl (C=O) groups is 1. The van der Waals surface area contributed by atoms with E-state index in [1.807, 2.05) is 18.2 Å². The van der Waals surface area contributed by atoms with Crippen LogP contribution < -0.4 is 15.8 Å². The van der Waals surface area contributed by atoms with Gasteiger partial charge in [0.25, 0.3) is 0 Å². The molecule has 0 bridgehead atoms. The average molecular weight is 301 g/mol. The molecule has 1 amide bonds. The van der Waals surface area contributed by atoms with Crippen LogP contribution in [0.25, 0.3) is 0 Å². The van der Waals surface area contributed by atoms with Gasteiger partial charge in [-0.1, -0.05) is 6.07 Å². The monoisotopic (exact) mass is 300 g/mol. The molecule has 5 nitrogen and oxygen atoms in total. The van der Waals surface area contributed by atoms with Crippen LogP contribution in [0.4, 0.5) is 5.69 Å². The molecule has 1 aromatic rings. The highest BCUT2D eigenvalue weighted by Crippen LogP contribution is 2.33. The summed E-state index contributed by atoms with van der Waals surface area (Å²) in [5, 5.41) is 2.82. The van der Waals surface area contributed by atoms with Crippen molar-refractivity contribution in [3.05, 3.63) is 24.3 Å². The van der Waals surface area contributed by atoms with Crippen LogP contribution in [0.5, 0.6) is 5.75 Å². The summed E-state index contributed by atoms with van der Waals surface area (Å²) in [7, 11) is 1.66. The predicted molar refractivity (Wildman–Crippen MR) is 80.5 cm³/mol. The van der Waals surface area contributed by atoms with Gasteiger partial charge in [-0.3, -0.25) is 4.79 Å². The van der Waals surface area contributed by atoms with Crippen molar-refractivity contribution in [2.45, 2.75) is 24.8 Å². The number of amides is 1. The summed E-state index contributed by atoms with van der Waals surface area (Å²) in [6, 6.07) is 7.33. The summed E-state index contributed by atoms with van der Waals surface area (Å²) in [6.07, 6.45) is 2.34. The van der Waals surface area contributed by atoms with Crippen molar-refractivity contribution in [1.29, 1.82) is 0 Å². The van der Waals surface area contributed by atoms with Crippen LogP contribution in [0.15, 0.2) is 24.3 Å². The standard InChI is InChI=1S/C14H20N2O3.ClH/c1-18-8-3-9-19-12-5-2-4-11(10-12)16-13(17)14(15)6-7-14;/h2,4-5,10H,3,6-9,15H2,1H3,(H,16,17);1H. The molecule has 0 aromatic heterocycles. The molecule has 1 fully saturated rings. The Balaban J connectivity index is 0.00000200. The van der Waals surface area contributed by atoms with E-state index in [0.717, 1.165) is 25.0 Å². The molecule has 1 aliphatic carbocycles. The van der Waals surface area contributed by atoms with E-state index in [9.17, 15) is 4.79 Å². The van der Waals surface area contributed by atoms with Crippen LogP contribution in [0.2, 0.25) is 0 Å². The lowest BCUT2D eigenvalue weighted by atomic mass is 10.2. The third-order valence-electron chi connectivity index (χ3n) is 3.09. The number of rotatable bonds is 7. The molecular weight excluding hydrogens is 280 g/mol. The Morgan fingerprint density at radius 1 is 1.40 bits per heavy atom. The van der Waals surface area contributed by atoms with Gasteiger partial charge in [-0.05, 0) is 25.0 Å². The molecule has 0 spiro atoms. The first-order valence-corrected chi connectivity index (χ1v) is 6.46. The van der Waals surface area contributed by atoms with Gasteiger partial charge in [0.2, 0.25) is 5.91 Å². The highest BCUT2D eigenvalue weighted by molar-refractivity contribution is 6.00. The minimum Gasteiger partial charge on any atom is -0.493 e. The Hall–Kier alpha value is -1.30. The lowest BCUT2D eigenvalue weighted by molar-refractivity contribution is -0.118. The number of ether oxygens (including phenoxy) is 2. The second kappa shape index (κ2) is 7.47. The van der Waals surface area contributed by atoms with Crippen LogP contribution >= 0.6 is 12.4 Å². The number of anilines is 1. The molecular formula is C14H21ClN2O3. The zero-order valence-electron chi connectivity index (χ0n) is 11.6. The van der Waals surface area contributed by atoms with Gasteiger partial charge in [-0.2, -0.15) is 0 Å². The van der Waals surface area contributed by atoms with Crippen LogP contribution in [-0.4, -0.2) is 31.8 Å². The molecule has 3 N–H and O–H groups in total. The van der Waals surface area contributed by atoms with Gasteiger partial charge in [0, 0.05) is 31.9 Å². The van der Waals surface area contributed by atoms with E-state index in [1.54, 1.807) is 13.2 Å². The minimum atomic E-state index is -0.657. The van der Waals surface area contributed by atoms with Gasteiger partial charge >= 0.3 is 0 Å². The molecule has 0 unspecified atom stereocenters. The van der Waals surface area contributed by atoms with Crippen molar-refractivity contribution in [3.8, 4) is 5.75 Å². The van der Waals surface area contributed by atoms with Crippen molar-refractivity contribution >= 4 is 24.0 Å². The summed E-state index contributed by atoms with van der Waals surface area (Å²) >= 11 is 0. The number of benzene rings is 1. The average Bonchev–Trinajstić information content (AvgIpc) is 3.15. The third-order valence-corrected chi connectivity index (χ3v) is 3.09. The molecule has 1 aliphatic rings. The molecule has 20 heavy (non-hydrogen) atoms. The first-order chi connectivity index (χ1) is 9.14. The van der Waals surface area contributed by atoms with Gasteiger partial charge in [0.1, 0.15) is 5.75 Å². The van der Waals surface area contributed by atoms with Gasteiger partial charge in [-0.25, -0.2) is 0 Å². The molecule has 0 radical (unpaired) electrons. The Morgan fingerprint density at radius 2 is 2.15 bits per heavy atom. The predicted octanol–water partition coefficient (Wildman–Crippen LogP) is 1.95. The number of nitrogens with two attached hydrogens (primary N) is 1. The number of hydrogen-bond donors (Lipinski definition) is 2. The third kappa shape index (κ3) is 4.67. The quantitative estimate of drug-likeness (QED) is 0.755. The van der Waals surface area contributed by atoms with E-state index in [2.05, 4.69) is 5.32 Å². The van der Waals surface area contributed by atoms with E-state index in [-0.39, 0.29) is 18.3 Å². The van der Waals surface area contributed by atoms with Crippen molar-refractivity contribution in [2.75, 3.05) is 25.6 Å². The number of nitrogens with one attached hydrogen (secondary N) is 1. The normalized spacial score (nSPS) is 15.1. The fourth-order valence-corrected chi connectivity index (χ4v) is 1.67. The molecule has 112 valence electrons. The largest absolute Gasteiger partial charge is 0.493 e. The Bertz CT molecular complexity index is 450.